The van der Waals surface area contributed by atoms with Crippen LogP contribution in [0.3, 0.4) is 0 Å². The molecule has 1 aromatic rings. The number of anilines is 1. The van der Waals surface area contributed by atoms with Gasteiger partial charge >= 0.3 is 6.29 Å². The van der Waals surface area contributed by atoms with Gasteiger partial charge in [0.05, 0.1) is 0 Å². The summed E-state index contributed by atoms with van der Waals surface area (Å²) in [7, 11) is 0. The van der Waals surface area contributed by atoms with Crippen LogP contribution in [-0.2, 0) is 4.79 Å². The van der Waals surface area contributed by atoms with E-state index in [1.807, 2.05) is 0 Å². The number of carbonyl (C=O) groups is 1. The first-order valence-electron chi connectivity index (χ1n) is 5.85. The quantitative estimate of drug-likeness (QED) is 0.341. The van der Waals surface area contributed by atoms with Crippen LogP contribution in [0.2, 0.25) is 0 Å². The third kappa shape index (κ3) is 2.81. The molecule has 1 amide bonds. The molecule has 1 heterocycles. The second kappa shape index (κ2) is 4.76. The molecule has 0 spiro atoms. The van der Waals surface area contributed by atoms with Gasteiger partial charge in [-0.1, -0.05) is 5.16 Å². The number of hydrogen-bond acceptors (Lipinski definition) is 5. The monoisotopic (exact) mass is 301 g/mol. The van der Waals surface area contributed by atoms with Gasteiger partial charge in [0, 0.05) is 11.8 Å². The third-order valence-electron chi connectivity index (χ3n) is 2.97. The van der Waals surface area contributed by atoms with E-state index in [2.05, 4.69) is 19.9 Å². The average molecular weight is 301 g/mol. The van der Waals surface area contributed by atoms with Crippen LogP contribution >= 0.6 is 0 Å². The third-order valence-corrected chi connectivity index (χ3v) is 2.97. The molecule has 4 N–H and O–H groups in total. The van der Waals surface area contributed by atoms with Crippen molar-refractivity contribution in [1.29, 1.82) is 0 Å². The van der Waals surface area contributed by atoms with Gasteiger partial charge in [0.25, 0.3) is 0 Å². The zero-order valence-electron chi connectivity index (χ0n) is 11.2. The lowest BCUT2D eigenvalue weighted by atomic mass is 9.91. The maximum Gasteiger partial charge on any atom is 0.586 e. The molecule has 2 rings (SSSR count). The molecule has 0 atom stereocenters. The number of amides is 1. The number of hydrogen-bond donors (Lipinski definition) is 3. The summed E-state index contributed by atoms with van der Waals surface area (Å²) in [5.41, 5.74) is 4.35. The largest absolute Gasteiger partial charge is 0.586 e. The van der Waals surface area contributed by atoms with Crippen LogP contribution in [0.25, 0.3) is 0 Å². The van der Waals surface area contributed by atoms with Crippen molar-refractivity contribution >= 4 is 17.4 Å². The maximum absolute atomic E-state index is 12.9. The highest BCUT2D eigenvalue weighted by molar-refractivity contribution is 6.11. The molecule has 7 nitrogen and oxygen atoms in total. The van der Waals surface area contributed by atoms with E-state index < -0.39 is 17.6 Å². The minimum absolute atomic E-state index is 0.131. The van der Waals surface area contributed by atoms with E-state index in [4.69, 9.17) is 10.9 Å². The summed E-state index contributed by atoms with van der Waals surface area (Å²) in [6.07, 6.45) is -3.72. The average Bonchev–Trinajstić information content (AvgIpc) is 2.70. The molecule has 9 heteroatoms. The standard InChI is InChI=1S/C12H13F2N3O4/c1-11(2,9(15)17-19)10(18)16-6-3-4-7-8(5-6)21-12(13,14)20-7/h3-5,19H,1-2H3,(H2,15,17)(H,16,18). The fraction of sp³-hybridized carbons (Fsp3) is 0.333. The predicted molar refractivity (Wildman–Crippen MR) is 68.5 cm³/mol. The second-order valence-corrected chi connectivity index (χ2v) is 4.89. The van der Waals surface area contributed by atoms with Gasteiger partial charge in [0.1, 0.15) is 5.41 Å². The summed E-state index contributed by atoms with van der Waals surface area (Å²) in [6, 6.07) is 3.79. The number of amidine groups is 1. The molecule has 1 aliphatic rings. The van der Waals surface area contributed by atoms with Crippen LogP contribution in [0, 0.1) is 5.41 Å². The first kappa shape index (κ1) is 14.8. The van der Waals surface area contributed by atoms with Crippen molar-refractivity contribution < 1.29 is 28.3 Å². The van der Waals surface area contributed by atoms with E-state index in [1.54, 1.807) is 0 Å². The minimum atomic E-state index is -3.72. The number of nitrogens with zero attached hydrogens (tertiary/aromatic N) is 1. The van der Waals surface area contributed by atoms with E-state index in [9.17, 15) is 13.6 Å². The summed E-state index contributed by atoms with van der Waals surface area (Å²) < 4.78 is 34.3. The lowest BCUT2D eigenvalue weighted by molar-refractivity contribution is -0.286. The van der Waals surface area contributed by atoms with E-state index >= 15 is 0 Å². The number of alkyl halides is 2. The normalized spacial score (nSPS) is 16.7. The SMILES string of the molecule is CC(C)(C(=O)Nc1ccc2c(c1)OC(F)(F)O2)C(N)=NO. The van der Waals surface area contributed by atoms with Gasteiger partial charge in [-0.05, 0) is 26.0 Å². The zero-order valence-corrected chi connectivity index (χ0v) is 11.2. The zero-order chi connectivity index (χ0) is 15.8. The van der Waals surface area contributed by atoms with Crippen LogP contribution < -0.4 is 20.5 Å². The molecule has 0 bridgehead atoms. The van der Waals surface area contributed by atoms with Crippen LogP contribution in [0.1, 0.15) is 13.8 Å². The van der Waals surface area contributed by atoms with Crippen molar-refractivity contribution in [3.05, 3.63) is 18.2 Å². The Hall–Kier alpha value is -2.58. The van der Waals surface area contributed by atoms with Crippen molar-refractivity contribution in [2.75, 3.05) is 5.32 Å². The molecule has 114 valence electrons. The predicted octanol–water partition coefficient (Wildman–Crippen LogP) is 1.72. The molecule has 1 aliphatic heterocycles. The Labute approximate surface area is 118 Å². The molecular weight excluding hydrogens is 288 g/mol. The summed E-state index contributed by atoms with van der Waals surface area (Å²) in [5, 5.41) is 13.9. The number of rotatable bonds is 3. The molecule has 1 aromatic carbocycles. The number of benzene rings is 1. The lowest BCUT2D eigenvalue weighted by Crippen LogP contribution is -2.42. The molecule has 0 unspecified atom stereocenters. The van der Waals surface area contributed by atoms with Gasteiger partial charge in [-0.25, -0.2) is 0 Å². The Balaban J connectivity index is 2.18. The number of oxime groups is 1. The Morgan fingerprint density at radius 1 is 1.38 bits per heavy atom. The maximum atomic E-state index is 12.9. The molecule has 0 radical (unpaired) electrons. The number of carbonyl (C=O) groups excluding carboxylic acids is 1. The van der Waals surface area contributed by atoms with Crippen molar-refractivity contribution in [3.63, 3.8) is 0 Å². The van der Waals surface area contributed by atoms with Gasteiger partial charge in [-0.3, -0.25) is 4.79 Å². The number of fused-ring (bicyclic) bond motifs is 1. The van der Waals surface area contributed by atoms with Crippen molar-refractivity contribution in [3.8, 4) is 11.5 Å². The molecule has 0 fully saturated rings. The number of nitrogens with one attached hydrogen (secondary N) is 1. The first-order chi connectivity index (χ1) is 9.65. The van der Waals surface area contributed by atoms with Crippen LogP contribution in [0.4, 0.5) is 14.5 Å². The Kier molecular flexibility index (Phi) is 3.36. The molecule has 21 heavy (non-hydrogen) atoms. The Morgan fingerprint density at radius 2 is 2.00 bits per heavy atom. The minimum Gasteiger partial charge on any atom is -0.409 e. The molecule has 0 aliphatic carbocycles. The van der Waals surface area contributed by atoms with Crippen molar-refractivity contribution in [1.82, 2.24) is 0 Å². The summed E-state index contributed by atoms with van der Waals surface area (Å²) in [4.78, 5) is 12.1. The molecular formula is C12H13F2N3O4. The van der Waals surface area contributed by atoms with Gasteiger partial charge in [-0.15, -0.1) is 8.78 Å². The van der Waals surface area contributed by atoms with E-state index in [0.717, 1.165) is 0 Å². The van der Waals surface area contributed by atoms with Gasteiger partial charge in [0.15, 0.2) is 17.3 Å². The van der Waals surface area contributed by atoms with Gasteiger partial charge < -0.3 is 25.7 Å². The summed E-state index contributed by atoms with van der Waals surface area (Å²) >= 11 is 0. The number of ether oxygens (including phenoxy) is 2. The van der Waals surface area contributed by atoms with E-state index in [0.29, 0.717) is 0 Å². The lowest BCUT2D eigenvalue weighted by Gasteiger charge is -2.21. The first-order valence-corrected chi connectivity index (χ1v) is 5.85. The highest BCUT2D eigenvalue weighted by atomic mass is 19.3. The van der Waals surface area contributed by atoms with Crippen LogP contribution in [-0.4, -0.2) is 23.2 Å². The van der Waals surface area contributed by atoms with Crippen molar-refractivity contribution in [2.24, 2.45) is 16.3 Å². The molecule has 0 aromatic heterocycles. The Morgan fingerprint density at radius 3 is 2.62 bits per heavy atom. The van der Waals surface area contributed by atoms with Gasteiger partial charge in [0.2, 0.25) is 5.91 Å². The fourth-order valence-corrected chi connectivity index (χ4v) is 1.56. The van der Waals surface area contributed by atoms with Crippen molar-refractivity contribution in [2.45, 2.75) is 20.1 Å². The topological polar surface area (TPSA) is 106 Å². The number of nitrogens with two attached hydrogens (primary N) is 1. The highest BCUT2D eigenvalue weighted by Gasteiger charge is 2.43. The van der Waals surface area contributed by atoms with E-state index in [1.165, 1.54) is 32.0 Å². The summed E-state index contributed by atoms with van der Waals surface area (Å²) in [5.74, 6) is -1.19. The fourth-order valence-electron chi connectivity index (χ4n) is 1.56. The Bertz CT molecular complexity index is 617. The second-order valence-electron chi connectivity index (χ2n) is 4.89. The molecule has 0 saturated carbocycles. The molecule has 0 saturated heterocycles. The smallest absolute Gasteiger partial charge is 0.409 e. The summed E-state index contributed by atoms with van der Waals surface area (Å²) in [6.45, 7) is 2.89. The number of halogens is 2. The van der Waals surface area contributed by atoms with E-state index in [-0.39, 0.29) is 23.0 Å². The van der Waals surface area contributed by atoms with Gasteiger partial charge in [-0.2, -0.15) is 0 Å². The van der Waals surface area contributed by atoms with Crippen LogP contribution in [0.5, 0.6) is 11.5 Å². The highest BCUT2D eigenvalue weighted by Crippen LogP contribution is 2.42. The van der Waals surface area contributed by atoms with Crippen LogP contribution in [0.15, 0.2) is 23.4 Å².